The van der Waals surface area contributed by atoms with Gasteiger partial charge in [-0.1, -0.05) is 25.1 Å². The van der Waals surface area contributed by atoms with Crippen molar-refractivity contribution in [1.29, 1.82) is 0 Å². The SMILES string of the molecule is CCC(CC)Oc1cccc(/C=N/O)c1O. The average molecular weight is 223 g/mol. The van der Waals surface area contributed by atoms with Gasteiger partial charge in [0.15, 0.2) is 11.5 Å². The van der Waals surface area contributed by atoms with Crippen molar-refractivity contribution in [3.63, 3.8) is 0 Å². The van der Waals surface area contributed by atoms with E-state index in [9.17, 15) is 5.11 Å². The van der Waals surface area contributed by atoms with Crippen LogP contribution < -0.4 is 4.74 Å². The summed E-state index contributed by atoms with van der Waals surface area (Å²) in [5.41, 5.74) is 0.436. The molecule has 0 bridgehead atoms. The van der Waals surface area contributed by atoms with Crippen molar-refractivity contribution < 1.29 is 15.1 Å². The number of rotatable bonds is 5. The molecule has 4 heteroatoms. The maximum absolute atomic E-state index is 9.83. The fourth-order valence-corrected chi connectivity index (χ4v) is 1.44. The Labute approximate surface area is 95.2 Å². The third-order valence-electron chi connectivity index (χ3n) is 2.43. The summed E-state index contributed by atoms with van der Waals surface area (Å²) in [6.45, 7) is 4.06. The summed E-state index contributed by atoms with van der Waals surface area (Å²) in [4.78, 5) is 0. The molecule has 1 aromatic rings. The lowest BCUT2D eigenvalue weighted by Gasteiger charge is -2.16. The molecule has 0 saturated carbocycles. The summed E-state index contributed by atoms with van der Waals surface area (Å²) in [6.07, 6.45) is 3.03. The number of phenolic OH excluding ortho intramolecular Hbond substituents is 1. The fraction of sp³-hybridized carbons (Fsp3) is 0.417. The molecular weight excluding hydrogens is 206 g/mol. The van der Waals surface area contributed by atoms with Crippen LogP contribution in [0.3, 0.4) is 0 Å². The molecule has 0 saturated heterocycles. The number of phenols is 1. The standard InChI is InChI=1S/C12H17NO3/c1-3-10(4-2)16-11-7-5-6-9(8-13-15)12(11)14/h5-8,10,14-15H,3-4H2,1-2H3/b13-8+. The van der Waals surface area contributed by atoms with Crippen LogP contribution in [-0.2, 0) is 0 Å². The number of nitrogens with zero attached hydrogens (tertiary/aromatic N) is 1. The van der Waals surface area contributed by atoms with Crippen LogP contribution in [0.15, 0.2) is 23.4 Å². The van der Waals surface area contributed by atoms with Gasteiger partial charge in [0.05, 0.1) is 12.3 Å². The summed E-state index contributed by atoms with van der Waals surface area (Å²) >= 11 is 0. The predicted octanol–water partition coefficient (Wildman–Crippen LogP) is 2.77. The second-order valence-electron chi connectivity index (χ2n) is 3.49. The molecule has 1 rings (SSSR count). The third kappa shape index (κ3) is 2.89. The van der Waals surface area contributed by atoms with Crippen LogP contribution in [0.25, 0.3) is 0 Å². The first-order valence-electron chi connectivity index (χ1n) is 5.39. The van der Waals surface area contributed by atoms with Crippen molar-refractivity contribution in [3.8, 4) is 11.5 Å². The molecule has 0 aliphatic carbocycles. The molecule has 4 nitrogen and oxygen atoms in total. The zero-order valence-electron chi connectivity index (χ0n) is 9.55. The summed E-state index contributed by atoms with van der Waals surface area (Å²) in [7, 11) is 0. The van der Waals surface area contributed by atoms with E-state index in [1.54, 1.807) is 18.2 Å². The van der Waals surface area contributed by atoms with Crippen molar-refractivity contribution in [2.75, 3.05) is 0 Å². The molecule has 0 radical (unpaired) electrons. The van der Waals surface area contributed by atoms with Crippen LogP contribution in [0.1, 0.15) is 32.3 Å². The largest absolute Gasteiger partial charge is 0.504 e. The highest BCUT2D eigenvalue weighted by molar-refractivity contribution is 5.84. The molecule has 0 atom stereocenters. The zero-order valence-corrected chi connectivity index (χ0v) is 9.55. The number of para-hydroxylation sites is 1. The van der Waals surface area contributed by atoms with Gasteiger partial charge in [-0.25, -0.2) is 0 Å². The summed E-state index contributed by atoms with van der Waals surface area (Å²) in [5, 5.41) is 21.1. The first kappa shape index (κ1) is 12.4. The van der Waals surface area contributed by atoms with Gasteiger partial charge >= 0.3 is 0 Å². The van der Waals surface area contributed by atoms with Gasteiger partial charge in [0.1, 0.15) is 0 Å². The summed E-state index contributed by atoms with van der Waals surface area (Å²) < 4.78 is 5.64. The smallest absolute Gasteiger partial charge is 0.166 e. The van der Waals surface area contributed by atoms with Gasteiger partial charge < -0.3 is 15.1 Å². The number of hydrogen-bond acceptors (Lipinski definition) is 4. The molecule has 0 spiro atoms. The topological polar surface area (TPSA) is 62.0 Å². The minimum Gasteiger partial charge on any atom is -0.504 e. The quantitative estimate of drug-likeness (QED) is 0.458. The molecule has 0 aromatic heterocycles. The van der Waals surface area contributed by atoms with Crippen molar-refractivity contribution in [2.45, 2.75) is 32.8 Å². The van der Waals surface area contributed by atoms with Crippen LogP contribution in [0.5, 0.6) is 11.5 Å². The van der Waals surface area contributed by atoms with E-state index in [4.69, 9.17) is 9.94 Å². The Morgan fingerprint density at radius 1 is 1.38 bits per heavy atom. The lowest BCUT2D eigenvalue weighted by atomic mass is 10.2. The highest BCUT2D eigenvalue weighted by Gasteiger charge is 2.11. The summed E-state index contributed by atoms with van der Waals surface area (Å²) in [6, 6.07) is 5.09. The van der Waals surface area contributed by atoms with Crippen molar-refractivity contribution in [3.05, 3.63) is 23.8 Å². The minimum atomic E-state index is 0.00667. The van der Waals surface area contributed by atoms with Crippen LogP contribution in [0.2, 0.25) is 0 Å². The van der Waals surface area contributed by atoms with Gasteiger partial charge in [-0.2, -0.15) is 0 Å². The van der Waals surface area contributed by atoms with E-state index in [0.29, 0.717) is 11.3 Å². The molecule has 0 amide bonds. The van der Waals surface area contributed by atoms with Gasteiger partial charge in [-0.3, -0.25) is 0 Å². The monoisotopic (exact) mass is 223 g/mol. The van der Waals surface area contributed by atoms with Gasteiger partial charge in [-0.15, -0.1) is 0 Å². The highest BCUT2D eigenvalue weighted by Crippen LogP contribution is 2.30. The van der Waals surface area contributed by atoms with Gasteiger partial charge in [0.25, 0.3) is 0 Å². The molecule has 88 valence electrons. The van der Waals surface area contributed by atoms with Crippen LogP contribution in [-0.4, -0.2) is 22.6 Å². The van der Waals surface area contributed by atoms with Crippen molar-refractivity contribution >= 4 is 6.21 Å². The number of hydrogen-bond donors (Lipinski definition) is 2. The van der Waals surface area contributed by atoms with Gasteiger partial charge in [-0.05, 0) is 25.0 Å². The second-order valence-corrected chi connectivity index (χ2v) is 3.49. The number of oxime groups is 1. The van der Waals surface area contributed by atoms with E-state index in [0.717, 1.165) is 12.8 Å². The molecule has 0 unspecified atom stereocenters. The van der Waals surface area contributed by atoms with Crippen LogP contribution in [0, 0.1) is 0 Å². The Morgan fingerprint density at radius 3 is 2.62 bits per heavy atom. The molecule has 0 aliphatic rings. The first-order valence-corrected chi connectivity index (χ1v) is 5.39. The Kier molecular flexibility index (Phi) is 4.64. The minimum absolute atomic E-state index is 0.00667. The van der Waals surface area contributed by atoms with E-state index in [1.165, 1.54) is 6.21 Å². The van der Waals surface area contributed by atoms with Gasteiger partial charge in [0.2, 0.25) is 0 Å². The third-order valence-corrected chi connectivity index (χ3v) is 2.43. The molecule has 16 heavy (non-hydrogen) atoms. The molecular formula is C12H17NO3. The highest BCUT2D eigenvalue weighted by atomic mass is 16.5. The van der Waals surface area contributed by atoms with E-state index in [-0.39, 0.29) is 11.9 Å². The van der Waals surface area contributed by atoms with Crippen molar-refractivity contribution in [2.24, 2.45) is 5.16 Å². The Hall–Kier alpha value is -1.71. The molecule has 1 aromatic carbocycles. The average Bonchev–Trinajstić information content (AvgIpc) is 2.30. The number of benzene rings is 1. The molecule has 0 aliphatic heterocycles. The second kappa shape index (κ2) is 6.00. The Morgan fingerprint density at radius 2 is 2.06 bits per heavy atom. The Balaban J connectivity index is 2.92. The van der Waals surface area contributed by atoms with Crippen LogP contribution in [0.4, 0.5) is 0 Å². The molecule has 2 N–H and O–H groups in total. The fourth-order valence-electron chi connectivity index (χ4n) is 1.44. The normalized spacial score (nSPS) is 11.2. The van der Waals surface area contributed by atoms with E-state index < -0.39 is 0 Å². The number of ether oxygens (including phenoxy) is 1. The predicted molar refractivity (Wildman–Crippen MR) is 62.5 cm³/mol. The maximum atomic E-state index is 9.83. The van der Waals surface area contributed by atoms with E-state index in [1.807, 2.05) is 13.8 Å². The van der Waals surface area contributed by atoms with Crippen LogP contribution >= 0.6 is 0 Å². The van der Waals surface area contributed by atoms with Crippen molar-refractivity contribution in [1.82, 2.24) is 0 Å². The molecule has 0 fully saturated rings. The zero-order chi connectivity index (χ0) is 12.0. The van der Waals surface area contributed by atoms with E-state index in [2.05, 4.69) is 5.16 Å². The lowest BCUT2D eigenvalue weighted by Crippen LogP contribution is -2.13. The number of aromatic hydroxyl groups is 1. The van der Waals surface area contributed by atoms with Gasteiger partial charge in [0, 0.05) is 5.56 Å². The summed E-state index contributed by atoms with van der Waals surface area (Å²) in [5.74, 6) is 0.429. The first-order chi connectivity index (χ1) is 7.72. The Bertz CT molecular complexity index is 359. The maximum Gasteiger partial charge on any atom is 0.166 e. The molecule has 0 heterocycles. The van der Waals surface area contributed by atoms with E-state index >= 15 is 0 Å². The lowest BCUT2D eigenvalue weighted by molar-refractivity contribution is 0.186.